The number of carbonyl (C=O) groups is 5. The molecule has 0 aliphatic carbocycles. The Balaban J connectivity index is 1.37. The lowest BCUT2D eigenvalue weighted by atomic mass is 10.2. The lowest BCUT2D eigenvalue weighted by molar-refractivity contribution is -0.118. The molecule has 4 aromatic rings. The van der Waals surface area contributed by atoms with Crippen molar-refractivity contribution in [2.24, 2.45) is 5.73 Å². The zero-order valence-corrected chi connectivity index (χ0v) is 27.3. The van der Waals surface area contributed by atoms with Gasteiger partial charge in [0, 0.05) is 82.7 Å². The highest BCUT2D eigenvalue weighted by molar-refractivity contribution is 7.91. The van der Waals surface area contributed by atoms with Crippen LogP contribution in [0.3, 0.4) is 0 Å². The summed E-state index contributed by atoms with van der Waals surface area (Å²) in [5.74, 6) is -1.28. The van der Waals surface area contributed by atoms with Gasteiger partial charge in [0.05, 0.1) is 27.7 Å². The van der Waals surface area contributed by atoms with Gasteiger partial charge in [0.1, 0.15) is 0 Å². The number of primary amides is 1. The molecule has 1 aromatic carbocycles. The number of amides is 5. The molecule has 0 spiro atoms. The molecule has 0 fully saturated rings. The van der Waals surface area contributed by atoms with Gasteiger partial charge in [-0.25, -0.2) is 22.8 Å². The van der Waals surface area contributed by atoms with Crippen molar-refractivity contribution >= 4 is 68.4 Å². The molecule has 3 aromatic heterocycles. The number of nitrogens with two attached hydrogens (primary N) is 1. The van der Waals surface area contributed by atoms with Crippen LogP contribution < -0.4 is 20.9 Å². The number of benzene rings is 1. The Morgan fingerprint density at radius 3 is 1.81 bits per heavy atom. The second-order valence-electron chi connectivity index (χ2n) is 10.5. The van der Waals surface area contributed by atoms with E-state index >= 15 is 0 Å². The van der Waals surface area contributed by atoms with Gasteiger partial charge in [0.2, 0.25) is 5.91 Å². The molecule has 17 heteroatoms. The number of nitrogens with one attached hydrogen (secondary N) is 1. The van der Waals surface area contributed by atoms with Crippen LogP contribution in [0.1, 0.15) is 16.8 Å². The van der Waals surface area contributed by atoms with Crippen LogP contribution in [0.4, 0.5) is 31.4 Å². The van der Waals surface area contributed by atoms with E-state index in [0.29, 0.717) is 17.1 Å². The van der Waals surface area contributed by atoms with E-state index in [1.807, 2.05) is 0 Å². The van der Waals surface area contributed by atoms with E-state index in [2.05, 4.69) is 5.32 Å². The molecule has 248 valence electrons. The Labute approximate surface area is 275 Å². The van der Waals surface area contributed by atoms with Crippen molar-refractivity contribution in [2.75, 3.05) is 54.4 Å². The Morgan fingerprint density at radius 1 is 0.766 bits per heavy atom. The first kappa shape index (κ1) is 34.5. The summed E-state index contributed by atoms with van der Waals surface area (Å²) < 4.78 is 28.1. The third-order valence-corrected chi connectivity index (χ3v) is 9.30. The number of halogens is 1. The van der Waals surface area contributed by atoms with E-state index in [0.717, 1.165) is 0 Å². The Bertz CT molecular complexity index is 1910. The maximum atomic E-state index is 13.2. The van der Waals surface area contributed by atoms with Gasteiger partial charge in [-0.15, -0.1) is 11.6 Å². The third kappa shape index (κ3) is 8.09. The van der Waals surface area contributed by atoms with Crippen LogP contribution >= 0.6 is 11.6 Å². The number of hydrogen-bond donors (Lipinski definition) is 2. The Morgan fingerprint density at radius 2 is 1.28 bits per heavy atom. The zero-order valence-electron chi connectivity index (χ0n) is 25.7. The highest BCUT2D eigenvalue weighted by atomic mass is 35.5. The second kappa shape index (κ2) is 14.4. The molecule has 3 N–H and O–H groups in total. The largest absolute Gasteiger partial charge is 0.370 e. The van der Waals surface area contributed by atoms with Gasteiger partial charge >= 0.3 is 18.1 Å². The first-order valence-corrected chi connectivity index (χ1v) is 16.2. The minimum Gasteiger partial charge on any atom is -0.370 e. The molecule has 0 radical (unpaired) electrons. The standard InChI is InChI=1S/C30H33ClN8O7S/c1-34(13-11-26(32)40)28(42)38-15-9-23(19-38)36(3)30(44)39-16-10-24(20-39)35(2)29(43)37-14-8-22(18-37)33-27(41)21-4-6-25(7-5-21)47(45,46)17-12-31/h4-10,14-16,18-20H,11-13,17H2,1-3H3,(H2,32,40)(H,33,41). The van der Waals surface area contributed by atoms with E-state index in [4.69, 9.17) is 17.3 Å². The molecule has 47 heavy (non-hydrogen) atoms. The number of anilines is 3. The summed E-state index contributed by atoms with van der Waals surface area (Å²) in [5.41, 5.74) is 6.54. The number of sulfone groups is 1. The van der Waals surface area contributed by atoms with E-state index in [1.54, 1.807) is 12.1 Å². The van der Waals surface area contributed by atoms with Crippen molar-refractivity contribution < 1.29 is 32.4 Å². The van der Waals surface area contributed by atoms with Crippen LogP contribution in [0.5, 0.6) is 0 Å². The summed E-state index contributed by atoms with van der Waals surface area (Å²) in [4.78, 5) is 66.7. The molecule has 4 rings (SSSR count). The first-order chi connectivity index (χ1) is 22.2. The SMILES string of the molecule is CN(CCC(N)=O)C(=O)n1ccc(N(C)C(=O)n2ccc(N(C)C(=O)n3ccc(NC(=O)c4ccc(S(=O)(=O)CCCl)cc4)c3)c2)c1. The minimum atomic E-state index is -3.53. The average Bonchev–Trinajstić information content (AvgIpc) is 3.83. The fourth-order valence-corrected chi connectivity index (χ4v) is 5.97. The van der Waals surface area contributed by atoms with Gasteiger partial charge in [-0.05, 0) is 42.5 Å². The van der Waals surface area contributed by atoms with Crippen molar-refractivity contribution in [1.29, 1.82) is 0 Å². The van der Waals surface area contributed by atoms with Crippen molar-refractivity contribution in [3.63, 3.8) is 0 Å². The zero-order chi connectivity index (χ0) is 34.5. The van der Waals surface area contributed by atoms with Gasteiger partial charge < -0.3 is 16.0 Å². The van der Waals surface area contributed by atoms with Gasteiger partial charge in [0.15, 0.2) is 9.84 Å². The Hall–Kier alpha value is -5.35. The second-order valence-corrected chi connectivity index (χ2v) is 12.9. The fraction of sp³-hybridized carbons (Fsp3) is 0.233. The maximum Gasteiger partial charge on any atom is 0.332 e. The van der Waals surface area contributed by atoms with Crippen LogP contribution in [0.15, 0.2) is 84.5 Å². The van der Waals surface area contributed by atoms with Crippen LogP contribution in [0, 0.1) is 0 Å². The number of carbonyl (C=O) groups excluding carboxylic acids is 5. The predicted molar refractivity (Wildman–Crippen MR) is 176 cm³/mol. The molecule has 3 heterocycles. The molecular formula is C30H33ClN8O7S. The Kier molecular flexibility index (Phi) is 10.6. The molecule has 0 unspecified atom stereocenters. The quantitative estimate of drug-likeness (QED) is 0.240. The molecular weight excluding hydrogens is 652 g/mol. The van der Waals surface area contributed by atoms with Gasteiger partial charge in [-0.3, -0.25) is 33.1 Å². The average molecular weight is 685 g/mol. The molecule has 5 amide bonds. The highest BCUT2D eigenvalue weighted by Gasteiger charge is 2.21. The van der Waals surface area contributed by atoms with Crippen LogP contribution in [-0.2, 0) is 14.6 Å². The third-order valence-electron chi connectivity index (χ3n) is 7.16. The minimum absolute atomic E-state index is 0.0201. The smallest absolute Gasteiger partial charge is 0.332 e. The van der Waals surface area contributed by atoms with Gasteiger partial charge in [-0.2, -0.15) is 0 Å². The number of nitrogens with zero attached hydrogens (tertiary/aromatic N) is 6. The maximum absolute atomic E-state index is 13.2. The first-order valence-electron chi connectivity index (χ1n) is 14.1. The molecule has 0 saturated carbocycles. The van der Waals surface area contributed by atoms with Crippen molar-refractivity contribution in [3.8, 4) is 0 Å². The number of aromatic nitrogens is 3. The molecule has 15 nitrogen and oxygen atoms in total. The molecule has 0 bridgehead atoms. The summed E-state index contributed by atoms with van der Waals surface area (Å²) in [6, 6.07) is 8.80. The molecule has 0 aliphatic rings. The highest BCUT2D eigenvalue weighted by Crippen LogP contribution is 2.20. The van der Waals surface area contributed by atoms with Crippen LogP contribution in [-0.4, -0.2) is 96.2 Å². The van der Waals surface area contributed by atoms with Gasteiger partial charge in [-0.1, -0.05) is 0 Å². The van der Waals surface area contributed by atoms with Crippen LogP contribution in [0.25, 0.3) is 0 Å². The normalized spacial score (nSPS) is 11.1. The van der Waals surface area contributed by atoms with Crippen molar-refractivity contribution in [3.05, 3.63) is 85.2 Å². The molecule has 0 aliphatic heterocycles. The van der Waals surface area contributed by atoms with E-state index < -0.39 is 39.7 Å². The summed E-state index contributed by atoms with van der Waals surface area (Å²) in [6.45, 7) is 0.147. The summed E-state index contributed by atoms with van der Waals surface area (Å²) >= 11 is 5.55. The van der Waals surface area contributed by atoms with Gasteiger partial charge in [0.25, 0.3) is 5.91 Å². The topological polar surface area (TPSA) is 182 Å². The van der Waals surface area contributed by atoms with E-state index in [9.17, 15) is 32.4 Å². The number of rotatable bonds is 10. The summed E-state index contributed by atoms with van der Waals surface area (Å²) in [7, 11) is 1.06. The fourth-order valence-electron chi connectivity index (χ4n) is 4.37. The summed E-state index contributed by atoms with van der Waals surface area (Å²) in [6.07, 6.45) is 8.84. The van der Waals surface area contributed by atoms with Crippen molar-refractivity contribution in [2.45, 2.75) is 11.3 Å². The van der Waals surface area contributed by atoms with E-state index in [1.165, 1.54) is 117 Å². The summed E-state index contributed by atoms with van der Waals surface area (Å²) in [5, 5.41) is 2.67. The predicted octanol–water partition coefficient (Wildman–Crippen LogP) is 3.34. The van der Waals surface area contributed by atoms with Crippen LogP contribution in [0.2, 0.25) is 0 Å². The van der Waals surface area contributed by atoms with E-state index in [-0.39, 0.29) is 35.1 Å². The molecule has 0 saturated heterocycles. The lowest BCUT2D eigenvalue weighted by Crippen LogP contribution is -2.33. The lowest BCUT2D eigenvalue weighted by Gasteiger charge is -2.18. The van der Waals surface area contributed by atoms with Crippen molar-refractivity contribution in [1.82, 2.24) is 18.6 Å². The number of hydrogen-bond acceptors (Lipinski definition) is 7. The number of alkyl halides is 1. The monoisotopic (exact) mass is 684 g/mol. The molecule has 0 atom stereocenters.